The molecule has 2 fully saturated rings. The van der Waals surface area contributed by atoms with E-state index in [1.54, 1.807) is 27.6 Å². The molecule has 0 aliphatic carbocycles. The highest BCUT2D eigenvalue weighted by atomic mass is 127. The molecule has 1 amide bonds. The summed E-state index contributed by atoms with van der Waals surface area (Å²) in [7, 11) is 0. The van der Waals surface area contributed by atoms with E-state index in [1.807, 2.05) is 22.9 Å². The lowest BCUT2D eigenvalue weighted by Gasteiger charge is -2.28. The lowest BCUT2D eigenvalue weighted by molar-refractivity contribution is -0.712. The Labute approximate surface area is 167 Å². The fraction of sp³-hybridized carbons (Fsp3) is 0.471. The van der Waals surface area contributed by atoms with E-state index in [4.69, 9.17) is 4.74 Å². The molecule has 0 aromatic carbocycles. The molecule has 2 unspecified atom stereocenters. The highest BCUT2D eigenvalue weighted by molar-refractivity contribution is 7.14. The van der Waals surface area contributed by atoms with Crippen LogP contribution in [0.3, 0.4) is 0 Å². The number of nitrogens with zero attached hydrogens (tertiary/aromatic N) is 1. The second-order valence-electron chi connectivity index (χ2n) is 6.44. The minimum atomic E-state index is -0.204. The van der Waals surface area contributed by atoms with Crippen molar-refractivity contribution in [2.75, 3.05) is 4.90 Å². The summed E-state index contributed by atoms with van der Waals surface area (Å²) in [5.41, 5.74) is 1.15. The summed E-state index contributed by atoms with van der Waals surface area (Å²) in [6, 6.07) is 7.33. The van der Waals surface area contributed by atoms with Gasteiger partial charge in [0, 0.05) is 25.7 Å². The predicted octanol–water partition coefficient (Wildman–Crippen LogP) is 0.214. The summed E-state index contributed by atoms with van der Waals surface area (Å²) in [5.74, 6) is 0. The highest BCUT2D eigenvalue weighted by Crippen LogP contribution is 2.28. The van der Waals surface area contributed by atoms with E-state index in [0.717, 1.165) is 23.4 Å². The van der Waals surface area contributed by atoms with E-state index in [-0.39, 0.29) is 36.2 Å². The van der Waals surface area contributed by atoms with Crippen LogP contribution >= 0.6 is 22.7 Å². The van der Waals surface area contributed by atoms with E-state index in [1.165, 1.54) is 12.8 Å². The molecule has 2 saturated heterocycles. The van der Waals surface area contributed by atoms with Gasteiger partial charge >= 0.3 is 6.09 Å². The molecule has 4 rings (SSSR count). The molecule has 0 saturated carbocycles. The Kier molecular flexibility index (Phi) is 6.17. The third-order valence-corrected chi connectivity index (χ3v) is 6.39. The number of amides is 1. The van der Waals surface area contributed by atoms with Gasteiger partial charge in [0.05, 0.1) is 18.6 Å². The summed E-state index contributed by atoms with van der Waals surface area (Å²) in [4.78, 5) is 14.5. The highest BCUT2D eigenvalue weighted by Gasteiger charge is 2.39. The number of fused-ring (bicyclic) bond motifs is 2. The number of nitrogens with two attached hydrogens (primary N) is 1. The fourth-order valence-corrected chi connectivity index (χ4v) is 5.07. The van der Waals surface area contributed by atoms with Gasteiger partial charge in [-0.2, -0.15) is 11.3 Å². The van der Waals surface area contributed by atoms with Gasteiger partial charge in [-0.25, -0.2) is 4.79 Å². The first-order chi connectivity index (χ1) is 11.3. The Hall–Kier alpha value is -0.640. The molecule has 7 heteroatoms. The minimum Gasteiger partial charge on any atom is -1.00 e. The number of rotatable bonds is 4. The molecule has 2 N–H and O–H groups in total. The van der Waals surface area contributed by atoms with Crippen molar-refractivity contribution in [2.45, 2.75) is 50.4 Å². The molecule has 0 radical (unpaired) electrons. The molecule has 2 bridgehead atoms. The van der Waals surface area contributed by atoms with Crippen molar-refractivity contribution in [1.82, 2.24) is 0 Å². The Morgan fingerprint density at radius 3 is 2.67 bits per heavy atom. The molecule has 130 valence electrons. The fourth-order valence-electron chi connectivity index (χ4n) is 3.69. The van der Waals surface area contributed by atoms with Crippen LogP contribution < -0.4 is 34.2 Å². The zero-order valence-corrected chi connectivity index (χ0v) is 17.1. The molecule has 2 aromatic rings. The number of ether oxygens (including phenoxy) is 1. The number of thiophene rings is 2. The number of carbonyl (C=O) groups excluding carboxylic acids is 1. The maximum absolute atomic E-state index is 12.8. The van der Waals surface area contributed by atoms with Crippen molar-refractivity contribution in [2.24, 2.45) is 0 Å². The number of piperidine rings is 1. The lowest BCUT2D eigenvalue weighted by atomic mass is 10.0. The van der Waals surface area contributed by atoms with Crippen molar-refractivity contribution in [1.29, 1.82) is 0 Å². The van der Waals surface area contributed by atoms with Gasteiger partial charge in [0.15, 0.2) is 0 Å². The van der Waals surface area contributed by atoms with Gasteiger partial charge in [0.25, 0.3) is 0 Å². The Morgan fingerprint density at radius 2 is 2.04 bits per heavy atom. The SMILES string of the molecule is O=C(OC1CC2CCC(C1)[NH2+]2)N(Cc1ccsc1)c1cccs1.[I-]. The largest absolute Gasteiger partial charge is 1.00 e. The van der Waals surface area contributed by atoms with Gasteiger partial charge in [0.2, 0.25) is 0 Å². The molecular weight excluding hydrogens is 455 g/mol. The van der Waals surface area contributed by atoms with Crippen molar-refractivity contribution in [3.63, 3.8) is 0 Å². The molecule has 0 spiro atoms. The molecule has 24 heavy (non-hydrogen) atoms. The molecule has 4 heterocycles. The molecule has 2 aliphatic rings. The van der Waals surface area contributed by atoms with Crippen LogP contribution in [0.15, 0.2) is 34.3 Å². The molecule has 2 atom stereocenters. The van der Waals surface area contributed by atoms with Crippen LogP contribution in [0.5, 0.6) is 0 Å². The number of hydrogen-bond donors (Lipinski definition) is 1. The second-order valence-corrected chi connectivity index (χ2v) is 8.14. The smallest absolute Gasteiger partial charge is 0.415 e. The predicted molar refractivity (Wildman–Crippen MR) is 93.1 cm³/mol. The zero-order chi connectivity index (χ0) is 15.6. The van der Waals surface area contributed by atoms with Gasteiger partial charge in [-0.05, 0) is 39.9 Å². The maximum atomic E-state index is 12.8. The van der Waals surface area contributed by atoms with Crippen molar-refractivity contribution >= 4 is 33.8 Å². The number of anilines is 1. The number of quaternary nitrogens is 1. The average Bonchev–Trinajstić information content (AvgIpc) is 3.27. The normalized spacial score (nSPS) is 25.1. The van der Waals surface area contributed by atoms with Gasteiger partial charge in [-0.3, -0.25) is 4.90 Å². The van der Waals surface area contributed by atoms with Crippen LogP contribution in [0.2, 0.25) is 0 Å². The van der Waals surface area contributed by atoms with E-state index < -0.39 is 0 Å². The first-order valence-electron chi connectivity index (χ1n) is 8.15. The topological polar surface area (TPSA) is 46.1 Å². The van der Waals surface area contributed by atoms with Crippen LogP contribution in [-0.2, 0) is 11.3 Å². The number of hydrogen-bond acceptors (Lipinski definition) is 4. The minimum absolute atomic E-state index is 0. The van der Waals surface area contributed by atoms with Gasteiger partial charge in [-0.1, -0.05) is 0 Å². The van der Waals surface area contributed by atoms with Crippen LogP contribution in [0.1, 0.15) is 31.2 Å². The third kappa shape index (κ3) is 4.12. The first-order valence-corrected chi connectivity index (χ1v) is 9.98. The summed E-state index contributed by atoms with van der Waals surface area (Å²) < 4.78 is 5.88. The summed E-state index contributed by atoms with van der Waals surface area (Å²) >= 11 is 3.23. The van der Waals surface area contributed by atoms with Crippen LogP contribution in [0, 0.1) is 0 Å². The van der Waals surface area contributed by atoms with E-state index in [2.05, 4.69) is 16.8 Å². The molecule has 2 aliphatic heterocycles. The monoisotopic (exact) mass is 476 g/mol. The molecular formula is C17H21IN2O2S2. The molecule has 4 nitrogen and oxygen atoms in total. The van der Waals surface area contributed by atoms with Crippen LogP contribution in [0.25, 0.3) is 0 Å². The lowest BCUT2D eigenvalue weighted by Crippen LogP contribution is -3.00. The van der Waals surface area contributed by atoms with E-state index in [9.17, 15) is 4.79 Å². The van der Waals surface area contributed by atoms with Crippen molar-refractivity contribution < 1.29 is 38.8 Å². The molecule has 2 aromatic heterocycles. The maximum Gasteiger partial charge on any atom is 0.415 e. The van der Waals surface area contributed by atoms with E-state index >= 15 is 0 Å². The average molecular weight is 476 g/mol. The number of carbonyl (C=O) groups is 1. The summed E-state index contributed by atoms with van der Waals surface area (Å²) in [6.45, 7) is 0.578. The zero-order valence-electron chi connectivity index (χ0n) is 13.3. The van der Waals surface area contributed by atoms with Crippen LogP contribution in [-0.4, -0.2) is 24.3 Å². The Balaban J connectivity index is 0.00000169. The van der Waals surface area contributed by atoms with E-state index in [0.29, 0.717) is 18.6 Å². The van der Waals surface area contributed by atoms with Gasteiger partial charge < -0.3 is 34.0 Å². The second kappa shape index (κ2) is 8.16. The Morgan fingerprint density at radius 1 is 1.25 bits per heavy atom. The standard InChI is InChI=1S/C17H20N2O2S2.HI/c20-17(21-15-8-13-3-4-14(9-15)18-13)19(16-2-1-6-23-16)10-12-5-7-22-11-12;/h1-2,5-7,11,13-15,18H,3-4,8-10H2;1H. The van der Waals surface area contributed by atoms with Gasteiger partial charge in [0.1, 0.15) is 11.1 Å². The Bertz CT molecular complexity index is 636. The van der Waals surface area contributed by atoms with Crippen molar-refractivity contribution in [3.8, 4) is 0 Å². The summed E-state index contributed by atoms with van der Waals surface area (Å²) in [5, 5.41) is 9.55. The first kappa shape index (κ1) is 18.2. The quantitative estimate of drug-likeness (QED) is 0.642. The third-order valence-electron chi connectivity index (χ3n) is 4.76. The summed E-state index contributed by atoms with van der Waals surface area (Å²) in [6.07, 6.45) is 4.41. The van der Waals surface area contributed by atoms with Crippen molar-refractivity contribution in [3.05, 3.63) is 39.9 Å². The number of halogens is 1. The van der Waals surface area contributed by atoms with Gasteiger partial charge in [-0.15, -0.1) is 11.3 Å². The van der Waals surface area contributed by atoms with Crippen LogP contribution in [0.4, 0.5) is 9.80 Å².